The lowest BCUT2D eigenvalue weighted by molar-refractivity contribution is -0.123. The first-order chi connectivity index (χ1) is 13.1. The fourth-order valence-electron chi connectivity index (χ4n) is 2.70. The molecule has 0 saturated heterocycles. The smallest absolute Gasteiger partial charge is 0.270 e. The third kappa shape index (κ3) is 3.50. The van der Waals surface area contributed by atoms with Gasteiger partial charge in [-0.15, -0.1) is 0 Å². The number of carbonyl (C=O) groups excluding carboxylic acids is 2. The number of hydrogen-bond donors (Lipinski definition) is 2. The summed E-state index contributed by atoms with van der Waals surface area (Å²) in [5, 5.41) is 2.59. The first kappa shape index (κ1) is 19.6. The number of nitrogens with one attached hydrogen (secondary N) is 2. The summed E-state index contributed by atoms with van der Waals surface area (Å²) in [4.78, 5) is 36.2. The van der Waals surface area contributed by atoms with Crippen LogP contribution in [0.25, 0.3) is 0 Å². The molecule has 2 amide bonds. The number of pyridine rings is 1. The summed E-state index contributed by atoms with van der Waals surface area (Å²) in [6, 6.07) is 6.67. The van der Waals surface area contributed by atoms with Crippen molar-refractivity contribution in [2.75, 3.05) is 5.32 Å². The van der Waals surface area contributed by atoms with Gasteiger partial charge in [0.2, 0.25) is 0 Å². The van der Waals surface area contributed by atoms with Crippen LogP contribution >= 0.6 is 0 Å². The van der Waals surface area contributed by atoms with Crippen molar-refractivity contribution in [1.29, 1.82) is 0 Å². The van der Waals surface area contributed by atoms with Gasteiger partial charge in [0.1, 0.15) is 11.3 Å². The van der Waals surface area contributed by atoms with Gasteiger partial charge >= 0.3 is 0 Å². The lowest BCUT2D eigenvalue weighted by Gasteiger charge is -2.25. The van der Waals surface area contributed by atoms with Gasteiger partial charge in [-0.1, -0.05) is 6.92 Å². The number of rotatable bonds is 4. The summed E-state index contributed by atoms with van der Waals surface area (Å²) in [5.41, 5.74) is -0.0852. The Kier molecular flexibility index (Phi) is 4.99. The highest BCUT2D eigenvalue weighted by atomic mass is 32.2. The molecule has 10 heteroatoms. The fraction of sp³-hybridized carbons (Fsp3) is 0.278. The number of aryl methyl sites for hydroxylation is 1. The largest absolute Gasteiger partial charge is 0.478 e. The molecule has 2 aromatic rings. The molecule has 0 aliphatic carbocycles. The van der Waals surface area contributed by atoms with E-state index in [4.69, 9.17) is 4.74 Å². The quantitative estimate of drug-likeness (QED) is 0.780. The summed E-state index contributed by atoms with van der Waals surface area (Å²) in [6.45, 7) is 3.48. The van der Waals surface area contributed by atoms with Gasteiger partial charge in [0.25, 0.3) is 27.4 Å². The van der Waals surface area contributed by atoms with Crippen LogP contribution in [0, 0.1) is 6.92 Å². The standard InChI is InChI=1S/C18H19N3O6S/c1-4-14-17(23)19-13-9-11(6-8-15(13)27-14)28(25,26)20-16(22)12-7-5-10(2)21(3)18(12)24/h5-9,14H,4H2,1-3H3,(H,19,23)(H,20,22)/t14-/m0/s1. The van der Waals surface area contributed by atoms with E-state index in [-0.39, 0.29) is 22.1 Å². The van der Waals surface area contributed by atoms with Crippen LogP contribution in [0.1, 0.15) is 29.4 Å². The highest BCUT2D eigenvalue weighted by molar-refractivity contribution is 7.90. The van der Waals surface area contributed by atoms with E-state index in [1.807, 2.05) is 4.72 Å². The lowest BCUT2D eigenvalue weighted by atomic mass is 10.2. The van der Waals surface area contributed by atoms with E-state index in [0.717, 1.165) is 0 Å². The Bertz CT molecular complexity index is 1140. The average molecular weight is 405 g/mol. The Morgan fingerprint density at radius 3 is 2.64 bits per heavy atom. The second kappa shape index (κ2) is 7.12. The predicted molar refractivity (Wildman–Crippen MR) is 101 cm³/mol. The topological polar surface area (TPSA) is 124 Å². The van der Waals surface area contributed by atoms with Crippen LogP contribution in [0.3, 0.4) is 0 Å². The Morgan fingerprint density at radius 1 is 1.25 bits per heavy atom. The number of fused-ring (bicyclic) bond motifs is 1. The molecule has 1 atom stereocenters. The Labute approximate surface area is 161 Å². The summed E-state index contributed by atoms with van der Waals surface area (Å²) in [5.74, 6) is -1.08. The van der Waals surface area contributed by atoms with Gasteiger partial charge in [-0.3, -0.25) is 14.4 Å². The zero-order chi connectivity index (χ0) is 20.6. The molecule has 0 bridgehead atoms. The van der Waals surface area contributed by atoms with Crippen molar-refractivity contribution in [3.05, 3.63) is 51.9 Å². The summed E-state index contributed by atoms with van der Waals surface area (Å²) < 4.78 is 33.8. The summed E-state index contributed by atoms with van der Waals surface area (Å²) in [7, 11) is -2.79. The number of nitrogens with zero attached hydrogens (tertiary/aromatic N) is 1. The zero-order valence-corrected chi connectivity index (χ0v) is 16.3. The van der Waals surface area contributed by atoms with Crippen LogP contribution < -0.4 is 20.3 Å². The molecule has 2 N–H and O–H groups in total. The van der Waals surface area contributed by atoms with Crippen molar-refractivity contribution in [2.24, 2.45) is 7.05 Å². The monoisotopic (exact) mass is 405 g/mol. The molecule has 0 saturated carbocycles. The minimum absolute atomic E-state index is 0.191. The molecular weight excluding hydrogens is 386 g/mol. The molecule has 1 aliphatic heterocycles. The third-order valence-corrected chi connectivity index (χ3v) is 5.81. The van der Waals surface area contributed by atoms with Gasteiger partial charge < -0.3 is 14.6 Å². The minimum atomic E-state index is -4.27. The van der Waals surface area contributed by atoms with Crippen molar-refractivity contribution >= 4 is 27.5 Å². The molecule has 148 valence electrons. The van der Waals surface area contributed by atoms with Crippen molar-refractivity contribution in [2.45, 2.75) is 31.3 Å². The van der Waals surface area contributed by atoms with Crippen LogP contribution in [0.5, 0.6) is 5.75 Å². The van der Waals surface area contributed by atoms with Crippen molar-refractivity contribution < 1.29 is 22.7 Å². The molecule has 0 radical (unpaired) electrons. The van der Waals surface area contributed by atoms with E-state index in [2.05, 4.69) is 5.32 Å². The number of hydrogen-bond acceptors (Lipinski definition) is 6. The van der Waals surface area contributed by atoms with Gasteiger partial charge in [0.15, 0.2) is 6.10 Å². The van der Waals surface area contributed by atoms with Crippen LogP contribution in [0.15, 0.2) is 40.0 Å². The fourth-order valence-corrected chi connectivity index (χ4v) is 3.69. The van der Waals surface area contributed by atoms with Crippen LogP contribution in [-0.2, 0) is 21.9 Å². The predicted octanol–water partition coefficient (Wildman–Crippen LogP) is 0.922. The zero-order valence-electron chi connectivity index (χ0n) is 15.5. The molecule has 1 aliphatic rings. The molecule has 1 aromatic heterocycles. The Hall–Kier alpha value is -3.14. The van der Waals surface area contributed by atoms with Crippen molar-refractivity contribution in [3.8, 4) is 5.75 Å². The van der Waals surface area contributed by atoms with Gasteiger partial charge in [-0.05, 0) is 43.7 Å². The molecule has 28 heavy (non-hydrogen) atoms. The number of carbonyl (C=O) groups is 2. The minimum Gasteiger partial charge on any atom is -0.478 e. The third-order valence-electron chi connectivity index (χ3n) is 4.48. The normalized spacial score (nSPS) is 16.0. The molecule has 0 unspecified atom stereocenters. The van der Waals surface area contributed by atoms with Gasteiger partial charge in [0.05, 0.1) is 10.6 Å². The molecular formula is C18H19N3O6S. The average Bonchev–Trinajstić information content (AvgIpc) is 2.64. The second-order valence-corrected chi connectivity index (χ2v) is 8.03. The highest BCUT2D eigenvalue weighted by Gasteiger charge is 2.28. The first-order valence-corrected chi connectivity index (χ1v) is 9.97. The van der Waals surface area contributed by atoms with Gasteiger partial charge in [-0.25, -0.2) is 13.1 Å². The van der Waals surface area contributed by atoms with Crippen molar-refractivity contribution in [3.63, 3.8) is 0 Å². The van der Waals surface area contributed by atoms with E-state index in [0.29, 0.717) is 17.9 Å². The van der Waals surface area contributed by atoms with Gasteiger partial charge in [-0.2, -0.15) is 0 Å². The van der Waals surface area contributed by atoms with Crippen LogP contribution in [0.2, 0.25) is 0 Å². The summed E-state index contributed by atoms with van der Waals surface area (Å²) >= 11 is 0. The van der Waals surface area contributed by atoms with Crippen LogP contribution in [-0.4, -0.2) is 30.9 Å². The SMILES string of the molecule is CC[C@@H]1Oc2ccc(S(=O)(=O)NC(=O)c3ccc(C)n(C)c3=O)cc2NC1=O. The second-order valence-electron chi connectivity index (χ2n) is 6.35. The maximum Gasteiger partial charge on any atom is 0.270 e. The number of amides is 2. The lowest BCUT2D eigenvalue weighted by Crippen LogP contribution is -2.37. The van der Waals surface area contributed by atoms with E-state index in [1.165, 1.54) is 35.9 Å². The number of aromatic nitrogens is 1. The number of anilines is 1. The Morgan fingerprint density at radius 2 is 1.96 bits per heavy atom. The van der Waals surface area contributed by atoms with E-state index in [9.17, 15) is 22.8 Å². The molecule has 1 aromatic carbocycles. The summed E-state index contributed by atoms with van der Waals surface area (Å²) in [6.07, 6.45) is -0.181. The number of ether oxygens (including phenoxy) is 1. The maximum atomic E-state index is 12.6. The van der Waals surface area contributed by atoms with Crippen molar-refractivity contribution in [1.82, 2.24) is 9.29 Å². The van der Waals surface area contributed by atoms with E-state index >= 15 is 0 Å². The highest BCUT2D eigenvalue weighted by Crippen LogP contribution is 2.32. The molecule has 2 heterocycles. The molecule has 0 spiro atoms. The number of benzene rings is 1. The number of sulfonamides is 1. The van der Waals surface area contributed by atoms with Crippen LogP contribution in [0.4, 0.5) is 5.69 Å². The molecule has 3 rings (SSSR count). The van der Waals surface area contributed by atoms with Gasteiger partial charge in [0, 0.05) is 12.7 Å². The van der Waals surface area contributed by atoms with E-state index in [1.54, 1.807) is 19.9 Å². The molecule has 0 fully saturated rings. The molecule has 9 nitrogen and oxygen atoms in total. The van der Waals surface area contributed by atoms with E-state index < -0.39 is 27.6 Å². The Balaban J connectivity index is 1.89. The first-order valence-electron chi connectivity index (χ1n) is 8.49. The maximum absolute atomic E-state index is 12.6.